The van der Waals surface area contributed by atoms with Crippen LogP contribution in [0.2, 0.25) is 0 Å². The van der Waals surface area contributed by atoms with E-state index in [0.29, 0.717) is 13.2 Å². The topological polar surface area (TPSA) is 41.6 Å². The predicted octanol–water partition coefficient (Wildman–Crippen LogP) is 0.930. The number of amides is 1. The van der Waals surface area contributed by atoms with E-state index in [-0.39, 0.29) is 5.91 Å². The Morgan fingerprint density at radius 2 is 1.93 bits per heavy atom. The molecule has 1 aliphatic rings. The molecule has 1 amide bonds. The fourth-order valence-corrected chi connectivity index (χ4v) is 1.65. The molecule has 1 aliphatic heterocycles. The van der Waals surface area contributed by atoms with Crippen molar-refractivity contribution in [1.82, 2.24) is 10.4 Å². The van der Waals surface area contributed by atoms with Crippen molar-refractivity contribution in [2.75, 3.05) is 26.2 Å². The van der Waals surface area contributed by atoms with E-state index in [1.54, 1.807) is 0 Å². The van der Waals surface area contributed by atoms with Gasteiger partial charge in [-0.3, -0.25) is 4.79 Å². The van der Waals surface area contributed by atoms with Gasteiger partial charge < -0.3 is 9.74 Å². The van der Waals surface area contributed by atoms with Gasteiger partial charge in [-0.05, 0) is 19.8 Å². The van der Waals surface area contributed by atoms with Crippen molar-refractivity contribution in [2.24, 2.45) is 0 Å². The van der Waals surface area contributed by atoms with E-state index in [1.807, 2.05) is 11.8 Å². The van der Waals surface area contributed by atoms with Crippen molar-refractivity contribution in [3.8, 4) is 0 Å². The quantitative estimate of drug-likeness (QED) is 0.542. The largest absolute Gasteiger partial charge is 0.342 e. The Kier molecular flexibility index (Phi) is 5.56. The number of nitrogens with one attached hydrogen (secondary N) is 1. The molecule has 14 heavy (non-hydrogen) atoms. The maximum Gasteiger partial charge on any atom is 0.238 e. The van der Waals surface area contributed by atoms with Crippen molar-refractivity contribution in [2.45, 2.75) is 32.6 Å². The molecule has 82 valence electrons. The summed E-state index contributed by atoms with van der Waals surface area (Å²) in [5, 5.41) is 0. The number of hydrogen-bond donors (Lipinski definition) is 1. The van der Waals surface area contributed by atoms with Crippen LogP contribution in [0, 0.1) is 0 Å². The van der Waals surface area contributed by atoms with Gasteiger partial charge in [-0.15, -0.1) is 0 Å². The van der Waals surface area contributed by atoms with E-state index in [0.717, 1.165) is 25.9 Å². The van der Waals surface area contributed by atoms with Crippen molar-refractivity contribution in [3.05, 3.63) is 0 Å². The van der Waals surface area contributed by atoms with E-state index < -0.39 is 0 Å². The first-order valence-electron chi connectivity index (χ1n) is 5.47. The second-order valence-electron chi connectivity index (χ2n) is 3.55. The second-order valence-corrected chi connectivity index (χ2v) is 3.55. The minimum Gasteiger partial charge on any atom is -0.342 e. The molecule has 0 spiro atoms. The third-order valence-corrected chi connectivity index (χ3v) is 2.43. The Morgan fingerprint density at radius 1 is 1.29 bits per heavy atom. The van der Waals surface area contributed by atoms with Gasteiger partial charge in [0, 0.05) is 13.1 Å². The molecule has 1 N–H and O–H groups in total. The van der Waals surface area contributed by atoms with Crippen LogP contribution in [0.5, 0.6) is 0 Å². The molecular weight excluding hydrogens is 180 g/mol. The van der Waals surface area contributed by atoms with Crippen molar-refractivity contribution >= 4 is 5.91 Å². The highest BCUT2D eigenvalue weighted by molar-refractivity contribution is 5.78. The molecule has 1 heterocycles. The van der Waals surface area contributed by atoms with Crippen LogP contribution >= 0.6 is 0 Å². The summed E-state index contributed by atoms with van der Waals surface area (Å²) in [5.41, 5.74) is 2.66. The standard InChI is InChI=1S/C10H20N2O2/c1-2-14-11-9-10(13)12-7-5-3-4-6-8-12/h11H,2-9H2,1H3. The Hall–Kier alpha value is -0.610. The molecule has 0 saturated carbocycles. The van der Waals surface area contributed by atoms with E-state index in [2.05, 4.69) is 5.48 Å². The monoisotopic (exact) mass is 200 g/mol. The molecule has 0 atom stereocenters. The summed E-state index contributed by atoms with van der Waals surface area (Å²) in [6.45, 7) is 4.60. The minimum atomic E-state index is 0.153. The normalized spacial score (nSPS) is 17.9. The van der Waals surface area contributed by atoms with Crippen LogP contribution in [0.4, 0.5) is 0 Å². The van der Waals surface area contributed by atoms with Gasteiger partial charge in [0.25, 0.3) is 0 Å². The number of nitrogens with zero attached hydrogens (tertiary/aromatic N) is 1. The van der Waals surface area contributed by atoms with Gasteiger partial charge in [-0.2, -0.15) is 5.48 Å². The number of carbonyl (C=O) groups excluding carboxylic acids is 1. The zero-order valence-corrected chi connectivity index (χ0v) is 8.92. The minimum absolute atomic E-state index is 0.153. The van der Waals surface area contributed by atoms with E-state index in [4.69, 9.17) is 4.84 Å². The highest BCUT2D eigenvalue weighted by Crippen LogP contribution is 2.09. The van der Waals surface area contributed by atoms with Gasteiger partial charge in [0.2, 0.25) is 5.91 Å². The molecule has 0 aliphatic carbocycles. The fraction of sp³-hybridized carbons (Fsp3) is 0.900. The van der Waals surface area contributed by atoms with Gasteiger partial charge in [0.1, 0.15) is 6.54 Å². The van der Waals surface area contributed by atoms with Gasteiger partial charge in [-0.25, -0.2) is 0 Å². The summed E-state index contributed by atoms with van der Waals surface area (Å²) in [7, 11) is 0. The number of carbonyl (C=O) groups is 1. The van der Waals surface area contributed by atoms with Gasteiger partial charge in [-0.1, -0.05) is 12.8 Å². The van der Waals surface area contributed by atoms with Gasteiger partial charge in [0.05, 0.1) is 6.61 Å². The Labute approximate surface area is 85.6 Å². The van der Waals surface area contributed by atoms with Crippen molar-refractivity contribution in [1.29, 1.82) is 0 Å². The Morgan fingerprint density at radius 3 is 2.50 bits per heavy atom. The molecule has 0 aromatic carbocycles. The lowest BCUT2D eigenvalue weighted by atomic mass is 10.2. The second kappa shape index (κ2) is 6.79. The SMILES string of the molecule is CCONCC(=O)N1CCCCCC1. The van der Waals surface area contributed by atoms with Crippen LogP contribution in [-0.2, 0) is 9.63 Å². The summed E-state index contributed by atoms with van der Waals surface area (Å²) in [5.74, 6) is 0.153. The summed E-state index contributed by atoms with van der Waals surface area (Å²) in [4.78, 5) is 18.5. The molecule has 1 rings (SSSR count). The average Bonchev–Trinajstić information content (AvgIpc) is 2.46. The molecule has 0 aromatic rings. The average molecular weight is 200 g/mol. The molecule has 1 saturated heterocycles. The smallest absolute Gasteiger partial charge is 0.238 e. The highest BCUT2D eigenvalue weighted by Gasteiger charge is 2.14. The maximum atomic E-state index is 11.6. The van der Waals surface area contributed by atoms with Gasteiger partial charge in [0.15, 0.2) is 0 Å². The van der Waals surface area contributed by atoms with E-state index in [1.165, 1.54) is 12.8 Å². The van der Waals surface area contributed by atoms with Crippen LogP contribution in [0.15, 0.2) is 0 Å². The fourth-order valence-electron chi connectivity index (χ4n) is 1.65. The van der Waals surface area contributed by atoms with E-state index in [9.17, 15) is 4.79 Å². The van der Waals surface area contributed by atoms with E-state index >= 15 is 0 Å². The molecule has 0 bridgehead atoms. The van der Waals surface area contributed by atoms with Crippen LogP contribution in [0.3, 0.4) is 0 Å². The summed E-state index contributed by atoms with van der Waals surface area (Å²) in [6, 6.07) is 0. The lowest BCUT2D eigenvalue weighted by molar-refractivity contribution is -0.132. The molecule has 0 aromatic heterocycles. The van der Waals surface area contributed by atoms with Crippen LogP contribution in [0.1, 0.15) is 32.6 Å². The van der Waals surface area contributed by atoms with Gasteiger partial charge >= 0.3 is 0 Å². The molecule has 1 fully saturated rings. The summed E-state index contributed by atoms with van der Waals surface area (Å²) in [6.07, 6.45) is 4.78. The number of hydroxylamine groups is 1. The van der Waals surface area contributed by atoms with Crippen molar-refractivity contribution < 1.29 is 9.63 Å². The summed E-state index contributed by atoms with van der Waals surface area (Å²) >= 11 is 0. The van der Waals surface area contributed by atoms with Crippen LogP contribution in [-0.4, -0.2) is 37.0 Å². The predicted molar refractivity (Wildman–Crippen MR) is 54.7 cm³/mol. The maximum absolute atomic E-state index is 11.6. The number of rotatable bonds is 4. The third kappa shape index (κ3) is 4.07. The lowest BCUT2D eigenvalue weighted by Gasteiger charge is -2.20. The molecular formula is C10H20N2O2. The number of hydrogen-bond acceptors (Lipinski definition) is 3. The Bertz CT molecular complexity index is 166. The number of likely N-dealkylation sites (tertiary alicyclic amines) is 1. The molecule has 0 radical (unpaired) electrons. The van der Waals surface area contributed by atoms with Crippen LogP contribution in [0.25, 0.3) is 0 Å². The van der Waals surface area contributed by atoms with Crippen LogP contribution < -0.4 is 5.48 Å². The summed E-state index contributed by atoms with van der Waals surface area (Å²) < 4.78 is 0. The first-order chi connectivity index (χ1) is 6.84. The zero-order chi connectivity index (χ0) is 10.2. The lowest BCUT2D eigenvalue weighted by Crippen LogP contribution is -2.38. The molecule has 4 nitrogen and oxygen atoms in total. The first-order valence-corrected chi connectivity index (χ1v) is 5.47. The van der Waals surface area contributed by atoms with Crippen molar-refractivity contribution in [3.63, 3.8) is 0 Å². The molecule has 4 heteroatoms. The highest BCUT2D eigenvalue weighted by atomic mass is 16.6. The zero-order valence-electron chi connectivity index (χ0n) is 8.92. The first kappa shape index (κ1) is 11.5. The third-order valence-electron chi connectivity index (χ3n) is 2.43. The molecule has 0 unspecified atom stereocenters. The Balaban J connectivity index is 2.20.